The van der Waals surface area contributed by atoms with Gasteiger partial charge in [-0.3, -0.25) is 4.79 Å². The fourth-order valence-corrected chi connectivity index (χ4v) is 3.65. The number of rotatable bonds is 20. The molecule has 0 aliphatic heterocycles. The van der Waals surface area contributed by atoms with Gasteiger partial charge in [-0.1, -0.05) is 123 Å². The highest BCUT2D eigenvalue weighted by molar-refractivity contribution is 5.76. The lowest BCUT2D eigenvalue weighted by Gasteiger charge is -2.13. The lowest BCUT2D eigenvalue weighted by atomic mass is 9.94. The summed E-state index contributed by atoms with van der Waals surface area (Å²) in [5, 5.41) is 0. The van der Waals surface area contributed by atoms with Crippen molar-refractivity contribution >= 4 is 5.91 Å². The van der Waals surface area contributed by atoms with E-state index in [-0.39, 0.29) is 11.8 Å². The van der Waals surface area contributed by atoms with Crippen molar-refractivity contribution in [3.8, 4) is 0 Å². The SMILES string of the molecule is CCCCCCCCCCCCCCCC(CCCCCC)C(N)=O. The molecule has 150 valence electrons. The van der Waals surface area contributed by atoms with Crippen molar-refractivity contribution in [2.45, 2.75) is 136 Å². The third-order valence-electron chi connectivity index (χ3n) is 5.46. The molecule has 0 aliphatic carbocycles. The van der Waals surface area contributed by atoms with Gasteiger partial charge < -0.3 is 5.73 Å². The molecular weight excluding hydrogens is 306 g/mol. The van der Waals surface area contributed by atoms with E-state index in [4.69, 9.17) is 5.73 Å². The van der Waals surface area contributed by atoms with Crippen molar-refractivity contribution in [1.29, 1.82) is 0 Å². The molecule has 0 radical (unpaired) electrons. The molecule has 0 fully saturated rings. The van der Waals surface area contributed by atoms with Gasteiger partial charge in [0.25, 0.3) is 0 Å². The maximum Gasteiger partial charge on any atom is 0.220 e. The standard InChI is InChI=1S/C23H47NO/c1-3-5-7-9-10-11-12-13-14-15-16-17-19-21-22(23(24)25)20-18-8-6-4-2/h22H,3-21H2,1-2H3,(H2,24,25). The Kier molecular flexibility index (Phi) is 19.4. The second kappa shape index (κ2) is 19.8. The molecule has 1 amide bonds. The van der Waals surface area contributed by atoms with E-state index in [1.54, 1.807) is 0 Å². The largest absolute Gasteiger partial charge is 0.369 e. The topological polar surface area (TPSA) is 43.1 Å². The maximum absolute atomic E-state index is 11.5. The van der Waals surface area contributed by atoms with Crippen LogP contribution in [0.4, 0.5) is 0 Å². The van der Waals surface area contributed by atoms with Crippen LogP contribution in [-0.2, 0) is 4.79 Å². The summed E-state index contributed by atoms with van der Waals surface area (Å²) in [5.74, 6) is 0.0556. The number of carbonyl (C=O) groups excluding carboxylic acids is 1. The van der Waals surface area contributed by atoms with Crippen molar-refractivity contribution in [1.82, 2.24) is 0 Å². The molecule has 0 heterocycles. The van der Waals surface area contributed by atoms with E-state index in [9.17, 15) is 4.79 Å². The monoisotopic (exact) mass is 353 g/mol. The third-order valence-corrected chi connectivity index (χ3v) is 5.46. The predicted octanol–water partition coefficient (Wildman–Crippen LogP) is 7.54. The minimum atomic E-state index is -0.0737. The number of hydrogen-bond donors (Lipinski definition) is 1. The van der Waals surface area contributed by atoms with Crippen LogP contribution in [0.5, 0.6) is 0 Å². The summed E-state index contributed by atoms with van der Waals surface area (Å²) in [5.41, 5.74) is 5.56. The fourth-order valence-electron chi connectivity index (χ4n) is 3.65. The number of nitrogens with two attached hydrogens (primary N) is 1. The van der Waals surface area contributed by atoms with Crippen molar-refractivity contribution in [3.05, 3.63) is 0 Å². The maximum atomic E-state index is 11.5. The molecule has 25 heavy (non-hydrogen) atoms. The van der Waals surface area contributed by atoms with E-state index in [1.807, 2.05) is 0 Å². The first kappa shape index (κ1) is 24.5. The molecule has 0 aromatic rings. The summed E-state index contributed by atoms with van der Waals surface area (Å²) in [6.45, 7) is 4.50. The van der Waals surface area contributed by atoms with Gasteiger partial charge in [0, 0.05) is 5.92 Å². The Labute approximate surface area is 158 Å². The first-order valence-corrected chi connectivity index (χ1v) is 11.5. The zero-order valence-corrected chi connectivity index (χ0v) is 17.5. The van der Waals surface area contributed by atoms with E-state index in [2.05, 4.69) is 13.8 Å². The molecule has 0 saturated heterocycles. The fraction of sp³-hybridized carbons (Fsp3) is 0.957. The van der Waals surface area contributed by atoms with Crippen molar-refractivity contribution in [2.75, 3.05) is 0 Å². The van der Waals surface area contributed by atoms with Gasteiger partial charge >= 0.3 is 0 Å². The van der Waals surface area contributed by atoms with Crippen LogP contribution in [0.2, 0.25) is 0 Å². The average molecular weight is 354 g/mol. The predicted molar refractivity (Wildman–Crippen MR) is 112 cm³/mol. The Morgan fingerprint density at radius 3 is 1.16 bits per heavy atom. The Hall–Kier alpha value is -0.530. The summed E-state index contributed by atoms with van der Waals surface area (Å²) >= 11 is 0. The minimum absolute atomic E-state index is 0.0737. The molecule has 1 unspecified atom stereocenters. The Morgan fingerprint density at radius 2 is 0.840 bits per heavy atom. The second-order valence-corrected chi connectivity index (χ2v) is 7.98. The molecule has 0 aliphatic rings. The number of unbranched alkanes of at least 4 members (excludes halogenated alkanes) is 15. The lowest BCUT2D eigenvalue weighted by molar-refractivity contribution is -0.122. The first-order valence-electron chi connectivity index (χ1n) is 11.5. The summed E-state index contributed by atoms with van der Waals surface area (Å²) < 4.78 is 0. The summed E-state index contributed by atoms with van der Waals surface area (Å²) in [6, 6.07) is 0. The zero-order valence-electron chi connectivity index (χ0n) is 17.5. The molecule has 2 N–H and O–H groups in total. The highest BCUT2D eigenvalue weighted by Gasteiger charge is 2.14. The van der Waals surface area contributed by atoms with E-state index in [0.717, 1.165) is 12.8 Å². The van der Waals surface area contributed by atoms with Crippen LogP contribution in [0.25, 0.3) is 0 Å². The summed E-state index contributed by atoms with van der Waals surface area (Å²) in [7, 11) is 0. The van der Waals surface area contributed by atoms with Crippen molar-refractivity contribution < 1.29 is 4.79 Å². The molecule has 0 aromatic carbocycles. The normalized spacial score (nSPS) is 12.4. The van der Waals surface area contributed by atoms with Crippen LogP contribution in [0.1, 0.15) is 136 Å². The van der Waals surface area contributed by atoms with Crippen LogP contribution >= 0.6 is 0 Å². The molecule has 0 rings (SSSR count). The highest BCUT2D eigenvalue weighted by atomic mass is 16.1. The van der Waals surface area contributed by atoms with Gasteiger partial charge in [0.15, 0.2) is 0 Å². The van der Waals surface area contributed by atoms with Crippen LogP contribution in [0.15, 0.2) is 0 Å². The van der Waals surface area contributed by atoms with Gasteiger partial charge in [-0.2, -0.15) is 0 Å². The molecule has 0 bridgehead atoms. The minimum Gasteiger partial charge on any atom is -0.369 e. The Morgan fingerprint density at radius 1 is 0.560 bits per heavy atom. The van der Waals surface area contributed by atoms with Crippen LogP contribution in [0, 0.1) is 5.92 Å². The van der Waals surface area contributed by atoms with E-state index in [0.29, 0.717) is 0 Å². The molecule has 0 aromatic heterocycles. The van der Waals surface area contributed by atoms with Gasteiger partial charge in [-0.15, -0.1) is 0 Å². The highest BCUT2D eigenvalue weighted by Crippen LogP contribution is 2.19. The molecule has 2 heteroatoms. The van der Waals surface area contributed by atoms with Gasteiger partial charge in [0.2, 0.25) is 5.91 Å². The number of carbonyl (C=O) groups is 1. The third kappa shape index (κ3) is 18.1. The summed E-state index contributed by atoms with van der Waals surface area (Å²) in [4.78, 5) is 11.5. The van der Waals surface area contributed by atoms with Gasteiger partial charge in [0.1, 0.15) is 0 Å². The van der Waals surface area contributed by atoms with Gasteiger partial charge in [0.05, 0.1) is 0 Å². The Balaban J connectivity index is 3.35. The van der Waals surface area contributed by atoms with E-state index < -0.39 is 0 Å². The first-order chi connectivity index (χ1) is 12.2. The van der Waals surface area contributed by atoms with Crippen LogP contribution < -0.4 is 5.73 Å². The number of amides is 1. The zero-order chi connectivity index (χ0) is 18.6. The molecule has 0 spiro atoms. The molecule has 0 saturated carbocycles. The second-order valence-electron chi connectivity index (χ2n) is 7.98. The van der Waals surface area contributed by atoms with E-state index in [1.165, 1.54) is 109 Å². The number of primary amides is 1. The smallest absolute Gasteiger partial charge is 0.220 e. The Bertz CT molecular complexity index is 277. The molecule has 1 atom stereocenters. The van der Waals surface area contributed by atoms with Crippen LogP contribution in [-0.4, -0.2) is 5.91 Å². The number of hydrogen-bond acceptors (Lipinski definition) is 1. The summed E-state index contributed by atoms with van der Waals surface area (Å²) in [6.07, 6.45) is 24.8. The average Bonchev–Trinajstić information content (AvgIpc) is 2.60. The van der Waals surface area contributed by atoms with Gasteiger partial charge in [-0.05, 0) is 12.8 Å². The molecule has 2 nitrogen and oxygen atoms in total. The lowest BCUT2D eigenvalue weighted by Crippen LogP contribution is -2.23. The quantitative estimate of drug-likeness (QED) is 0.226. The van der Waals surface area contributed by atoms with Crippen LogP contribution in [0.3, 0.4) is 0 Å². The van der Waals surface area contributed by atoms with E-state index >= 15 is 0 Å². The van der Waals surface area contributed by atoms with Gasteiger partial charge in [-0.25, -0.2) is 0 Å². The molecular formula is C23H47NO. The van der Waals surface area contributed by atoms with Crippen molar-refractivity contribution in [2.24, 2.45) is 11.7 Å². The van der Waals surface area contributed by atoms with Crippen molar-refractivity contribution in [3.63, 3.8) is 0 Å².